The van der Waals surface area contributed by atoms with Crippen molar-refractivity contribution in [3.63, 3.8) is 0 Å². The molecule has 0 aliphatic rings. The van der Waals surface area contributed by atoms with Crippen molar-refractivity contribution >= 4 is 17.0 Å². The maximum absolute atomic E-state index is 6.04. The fourth-order valence-corrected chi connectivity index (χ4v) is 2.50. The van der Waals surface area contributed by atoms with Crippen LogP contribution in [-0.4, -0.2) is 32.2 Å². The first kappa shape index (κ1) is 17.8. The van der Waals surface area contributed by atoms with Crippen LogP contribution < -0.4 is 5.73 Å². The number of ether oxygens (including phenoxy) is 2. The average molecular weight is 351 g/mol. The third-order valence-electron chi connectivity index (χ3n) is 3.83. The maximum Gasteiger partial charge on any atom is 0.167 e. The lowest BCUT2D eigenvalue weighted by Crippen LogP contribution is -2.22. The molecule has 2 aromatic heterocycles. The molecule has 0 aliphatic heterocycles. The first-order valence-corrected chi connectivity index (χ1v) is 8.18. The zero-order valence-corrected chi connectivity index (χ0v) is 14.4. The van der Waals surface area contributed by atoms with Gasteiger partial charge >= 0.3 is 0 Å². The molecule has 0 unspecified atom stereocenters. The number of nitrogen functional groups attached to an aromatic ring is 1. The molecule has 0 amide bonds. The van der Waals surface area contributed by atoms with E-state index in [0.717, 1.165) is 5.56 Å². The second-order valence-electron chi connectivity index (χ2n) is 5.62. The Morgan fingerprint density at radius 3 is 2.65 bits per heavy atom. The van der Waals surface area contributed by atoms with Crippen molar-refractivity contribution in [1.82, 2.24) is 19.5 Å². The molecule has 2 heterocycles. The van der Waals surface area contributed by atoms with Crippen molar-refractivity contribution in [2.75, 3.05) is 12.3 Å². The van der Waals surface area contributed by atoms with E-state index in [-0.39, 0.29) is 6.10 Å². The second kappa shape index (κ2) is 8.37. The molecule has 7 heteroatoms. The Balaban J connectivity index is 1.66. The summed E-state index contributed by atoms with van der Waals surface area (Å²) in [6.45, 7) is 8.53. The third-order valence-corrected chi connectivity index (χ3v) is 3.83. The lowest BCUT2D eigenvalue weighted by molar-refractivity contribution is -0.0460. The van der Waals surface area contributed by atoms with Gasteiger partial charge in [0.05, 0.1) is 19.5 Å². The van der Waals surface area contributed by atoms with Crippen molar-refractivity contribution in [3.8, 4) is 0 Å². The largest absolute Gasteiger partial charge is 0.382 e. The molecule has 0 radical (unpaired) electrons. The minimum atomic E-state index is -0.488. The molecule has 2 atom stereocenters. The van der Waals surface area contributed by atoms with Gasteiger partial charge in [0.1, 0.15) is 17.9 Å². The molecule has 0 saturated heterocycles. The molecular weight excluding hydrogens is 330 g/mol. The Bertz CT molecular complexity index is 878. The van der Waals surface area contributed by atoms with Crippen LogP contribution in [0, 0.1) is 0 Å². The molecule has 7 nitrogen and oxygen atoms in total. The number of hydrogen-bond donors (Lipinski definition) is 1. The van der Waals surface area contributed by atoms with Gasteiger partial charge in [0.2, 0.25) is 0 Å². The SMILES string of the molecule is C=C[C@@H](COCc1ccccc1)O[C@H](C=C)n1cnc2c(N)ncnc21. The molecule has 0 spiro atoms. The molecule has 3 rings (SSSR count). The van der Waals surface area contributed by atoms with Crippen LogP contribution in [0.3, 0.4) is 0 Å². The quantitative estimate of drug-likeness (QED) is 0.596. The van der Waals surface area contributed by atoms with Gasteiger partial charge < -0.3 is 15.2 Å². The normalized spacial score (nSPS) is 13.4. The molecule has 0 bridgehead atoms. The van der Waals surface area contributed by atoms with Crippen LogP contribution in [0.5, 0.6) is 0 Å². The first-order valence-electron chi connectivity index (χ1n) is 8.18. The Morgan fingerprint density at radius 2 is 1.92 bits per heavy atom. The van der Waals surface area contributed by atoms with Crippen molar-refractivity contribution < 1.29 is 9.47 Å². The van der Waals surface area contributed by atoms with Gasteiger partial charge in [-0.15, -0.1) is 6.58 Å². The Hall–Kier alpha value is -3.03. The third kappa shape index (κ3) is 3.96. The van der Waals surface area contributed by atoms with E-state index in [0.29, 0.717) is 30.2 Å². The highest BCUT2D eigenvalue weighted by molar-refractivity contribution is 5.81. The number of rotatable bonds is 9. The van der Waals surface area contributed by atoms with Crippen LogP contribution >= 0.6 is 0 Å². The smallest absolute Gasteiger partial charge is 0.167 e. The van der Waals surface area contributed by atoms with Crippen LogP contribution in [-0.2, 0) is 16.1 Å². The Morgan fingerprint density at radius 1 is 1.12 bits per heavy atom. The van der Waals surface area contributed by atoms with Crippen molar-refractivity contribution in [1.29, 1.82) is 0 Å². The fourth-order valence-electron chi connectivity index (χ4n) is 2.50. The van der Waals surface area contributed by atoms with Crippen molar-refractivity contribution in [3.05, 3.63) is 73.9 Å². The topological polar surface area (TPSA) is 88.1 Å². The number of nitrogens with zero attached hydrogens (tertiary/aromatic N) is 4. The van der Waals surface area contributed by atoms with Gasteiger partial charge in [-0.25, -0.2) is 15.0 Å². The predicted molar refractivity (Wildman–Crippen MR) is 100 cm³/mol. The van der Waals surface area contributed by atoms with Gasteiger partial charge in [-0.1, -0.05) is 43.0 Å². The molecule has 134 valence electrons. The van der Waals surface area contributed by atoms with Crippen LogP contribution in [0.25, 0.3) is 11.2 Å². The van der Waals surface area contributed by atoms with Crippen molar-refractivity contribution in [2.24, 2.45) is 0 Å². The number of hydrogen-bond acceptors (Lipinski definition) is 6. The summed E-state index contributed by atoms with van der Waals surface area (Å²) in [5.41, 5.74) is 8.04. The zero-order valence-electron chi connectivity index (χ0n) is 14.4. The summed E-state index contributed by atoms with van der Waals surface area (Å²) in [6.07, 6.45) is 5.55. The molecule has 3 aromatic rings. The summed E-state index contributed by atoms with van der Waals surface area (Å²) in [5.74, 6) is 0.322. The second-order valence-corrected chi connectivity index (χ2v) is 5.62. The molecule has 1 aromatic carbocycles. The minimum Gasteiger partial charge on any atom is -0.382 e. The molecule has 2 N–H and O–H groups in total. The van der Waals surface area contributed by atoms with E-state index in [2.05, 4.69) is 28.1 Å². The lowest BCUT2D eigenvalue weighted by atomic mass is 10.2. The fraction of sp³-hybridized carbons (Fsp3) is 0.211. The number of fused-ring (bicyclic) bond motifs is 1. The molecule has 0 saturated carbocycles. The Labute approximate surface area is 151 Å². The van der Waals surface area contributed by atoms with Crippen molar-refractivity contribution in [2.45, 2.75) is 18.9 Å². The van der Waals surface area contributed by atoms with Gasteiger partial charge in [-0.2, -0.15) is 0 Å². The summed E-state index contributed by atoms with van der Waals surface area (Å²) in [5, 5.41) is 0. The maximum atomic E-state index is 6.04. The van der Waals surface area contributed by atoms with Gasteiger partial charge in [0.25, 0.3) is 0 Å². The highest BCUT2D eigenvalue weighted by Crippen LogP contribution is 2.21. The van der Waals surface area contributed by atoms with E-state index in [1.807, 2.05) is 30.3 Å². The monoisotopic (exact) mass is 351 g/mol. The minimum absolute atomic E-state index is 0.321. The van der Waals surface area contributed by atoms with Crippen LogP contribution in [0.15, 0.2) is 68.3 Å². The number of benzene rings is 1. The highest BCUT2D eigenvalue weighted by Gasteiger charge is 2.18. The summed E-state index contributed by atoms with van der Waals surface area (Å²) >= 11 is 0. The number of anilines is 1. The lowest BCUT2D eigenvalue weighted by Gasteiger charge is -2.21. The average Bonchev–Trinajstić information content (AvgIpc) is 3.11. The predicted octanol–water partition coefficient (Wildman–Crippen LogP) is 2.88. The van der Waals surface area contributed by atoms with Gasteiger partial charge in [-0.3, -0.25) is 4.57 Å². The highest BCUT2D eigenvalue weighted by atomic mass is 16.5. The summed E-state index contributed by atoms with van der Waals surface area (Å²) in [6, 6.07) is 9.95. The van der Waals surface area contributed by atoms with E-state index >= 15 is 0 Å². The van der Waals surface area contributed by atoms with Crippen LogP contribution in [0.1, 0.15) is 11.8 Å². The molecule has 26 heavy (non-hydrogen) atoms. The van der Waals surface area contributed by atoms with Crippen LogP contribution in [0.2, 0.25) is 0 Å². The molecule has 0 aliphatic carbocycles. The van der Waals surface area contributed by atoms with E-state index < -0.39 is 6.23 Å². The number of nitrogens with two attached hydrogens (primary N) is 1. The summed E-state index contributed by atoms with van der Waals surface area (Å²) < 4.78 is 13.5. The summed E-state index contributed by atoms with van der Waals surface area (Å²) in [4.78, 5) is 12.4. The van der Waals surface area contributed by atoms with E-state index in [4.69, 9.17) is 15.2 Å². The Kier molecular flexibility index (Phi) is 5.73. The van der Waals surface area contributed by atoms with Gasteiger partial charge in [0.15, 0.2) is 17.7 Å². The zero-order chi connectivity index (χ0) is 18.4. The van der Waals surface area contributed by atoms with E-state index in [1.54, 1.807) is 23.0 Å². The number of imidazole rings is 1. The van der Waals surface area contributed by atoms with Gasteiger partial charge in [0, 0.05) is 0 Å². The standard InChI is InChI=1S/C19H21N5O2/c1-3-15(11-25-10-14-8-6-5-7-9-14)26-16(4-2)24-13-23-17-18(20)21-12-22-19(17)24/h3-9,12-13,15-16H,1-2,10-11H2,(H2,20,21,22)/t15-,16+/m0/s1. The number of aromatic nitrogens is 4. The van der Waals surface area contributed by atoms with Crippen LogP contribution in [0.4, 0.5) is 5.82 Å². The first-order chi connectivity index (χ1) is 12.7. The van der Waals surface area contributed by atoms with E-state index in [1.165, 1.54) is 6.33 Å². The van der Waals surface area contributed by atoms with Gasteiger partial charge in [-0.05, 0) is 11.6 Å². The van der Waals surface area contributed by atoms with E-state index in [9.17, 15) is 0 Å². The molecule has 0 fully saturated rings. The molecular formula is C19H21N5O2. The summed E-state index contributed by atoms with van der Waals surface area (Å²) in [7, 11) is 0.